The summed E-state index contributed by atoms with van der Waals surface area (Å²) in [5.41, 5.74) is 5.23. The van der Waals surface area contributed by atoms with E-state index in [1.165, 1.54) is 17.4 Å². The molecule has 0 saturated carbocycles. The van der Waals surface area contributed by atoms with E-state index in [0.717, 1.165) is 0 Å². The van der Waals surface area contributed by atoms with Crippen molar-refractivity contribution in [2.24, 2.45) is 5.73 Å². The number of nitrogens with one attached hydrogen (secondary N) is 1. The predicted octanol–water partition coefficient (Wildman–Crippen LogP) is 0.0442. The summed E-state index contributed by atoms with van der Waals surface area (Å²) in [6.07, 6.45) is 1.17. The maximum absolute atomic E-state index is 10.8. The summed E-state index contributed by atoms with van der Waals surface area (Å²) in [6.45, 7) is 3.58. The third-order valence-corrected chi connectivity index (χ3v) is 2.25. The maximum atomic E-state index is 10.8. The Balaban J connectivity index is 2.56. The SMILES string of the molecule is C=CC(=O)NCc1nc(C(N)=O)cs1. The molecule has 3 N–H and O–H groups in total. The van der Waals surface area contributed by atoms with Crippen molar-refractivity contribution in [2.75, 3.05) is 0 Å². The molecular formula is C8H9N3O2S. The second kappa shape index (κ2) is 4.52. The lowest BCUT2D eigenvalue weighted by Gasteiger charge is -1.96. The number of primary amides is 1. The van der Waals surface area contributed by atoms with Gasteiger partial charge >= 0.3 is 0 Å². The number of thiazole rings is 1. The van der Waals surface area contributed by atoms with Crippen molar-refractivity contribution in [3.63, 3.8) is 0 Å². The van der Waals surface area contributed by atoms with Gasteiger partial charge in [0.05, 0.1) is 6.54 Å². The molecule has 0 atom stereocenters. The van der Waals surface area contributed by atoms with Gasteiger partial charge in [-0.25, -0.2) is 4.98 Å². The van der Waals surface area contributed by atoms with E-state index in [-0.39, 0.29) is 18.1 Å². The summed E-state index contributed by atoms with van der Waals surface area (Å²) in [5.74, 6) is -0.844. The summed E-state index contributed by atoms with van der Waals surface area (Å²) >= 11 is 1.27. The lowest BCUT2D eigenvalue weighted by molar-refractivity contribution is -0.116. The van der Waals surface area contributed by atoms with Crippen LogP contribution in [0.5, 0.6) is 0 Å². The van der Waals surface area contributed by atoms with Crippen LogP contribution in [0.25, 0.3) is 0 Å². The zero-order valence-electron chi connectivity index (χ0n) is 7.32. The van der Waals surface area contributed by atoms with E-state index < -0.39 is 5.91 Å². The molecule has 0 aliphatic carbocycles. The Labute approximate surface area is 84.6 Å². The van der Waals surface area contributed by atoms with Gasteiger partial charge < -0.3 is 11.1 Å². The molecule has 0 unspecified atom stereocenters. The molecule has 6 heteroatoms. The molecule has 14 heavy (non-hydrogen) atoms. The number of rotatable bonds is 4. The molecule has 0 aliphatic heterocycles. The molecule has 1 rings (SSSR count). The first-order chi connectivity index (χ1) is 6.63. The van der Waals surface area contributed by atoms with E-state index in [1.54, 1.807) is 5.38 Å². The predicted molar refractivity (Wildman–Crippen MR) is 52.7 cm³/mol. The van der Waals surface area contributed by atoms with E-state index >= 15 is 0 Å². The lowest BCUT2D eigenvalue weighted by Crippen LogP contribution is -2.20. The topological polar surface area (TPSA) is 85.1 Å². The molecule has 1 aromatic rings. The largest absolute Gasteiger partial charge is 0.364 e. The molecule has 5 nitrogen and oxygen atoms in total. The molecule has 74 valence electrons. The van der Waals surface area contributed by atoms with Gasteiger partial charge in [0.25, 0.3) is 5.91 Å². The molecule has 0 saturated heterocycles. The van der Waals surface area contributed by atoms with Crippen molar-refractivity contribution in [1.29, 1.82) is 0 Å². The van der Waals surface area contributed by atoms with Gasteiger partial charge in [0, 0.05) is 5.38 Å². The Bertz CT molecular complexity index is 372. The summed E-state index contributed by atoms with van der Waals surface area (Å²) in [5, 5.41) is 4.73. The number of aromatic nitrogens is 1. The Morgan fingerprint density at radius 2 is 2.43 bits per heavy atom. The Morgan fingerprint density at radius 1 is 1.71 bits per heavy atom. The van der Waals surface area contributed by atoms with Crippen molar-refractivity contribution in [2.45, 2.75) is 6.54 Å². The first-order valence-corrected chi connectivity index (χ1v) is 4.66. The van der Waals surface area contributed by atoms with Gasteiger partial charge in [0.15, 0.2) is 0 Å². The normalized spacial score (nSPS) is 9.43. The summed E-state index contributed by atoms with van der Waals surface area (Å²) < 4.78 is 0. The van der Waals surface area contributed by atoms with Gasteiger partial charge in [-0.15, -0.1) is 11.3 Å². The standard InChI is InChI=1S/C8H9N3O2S/c1-2-6(12)10-3-7-11-5(4-14-7)8(9)13/h2,4H,1,3H2,(H2,9,13)(H,10,12). The van der Waals surface area contributed by atoms with E-state index in [4.69, 9.17) is 5.73 Å². The lowest BCUT2D eigenvalue weighted by atomic mass is 10.5. The Hall–Kier alpha value is -1.69. The fourth-order valence-corrected chi connectivity index (χ4v) is 1.46. The van der Waals surface area contributed by atoms with E-state index in [2.05, 4.69) is 16.9 Å². The zero-order valence-corrected chi connectivity index (χ0v) is 8.13. The second-order valence-electron chi connectivity index (χ2n) is 2.41. The fourth-order valence-electron chi connectivity index (χ4n) is 0.740. The summed E-state index contributed by atoms with van der Waals surface area (Å²) in [7, 11) is 0. The number of hydrogen-bond donors (Lipinski definition) is 2. The molecule has 2 amide bonds. The Morgan fingerprint density at radius 3 is 2.93 bits per heavy atom. The van der Waals surface area contributed by atoms with Crippen molar-refractivity contribution in [3.8, 4) is 0 Å². The van der Waals surface area contributed by atoms with Crippen LogP contribution in [-0.4, -0.2) is 16.8 Å². The van der Waals surface area contributed by atoms with Crippen LogP contribution in [0.3, 0.4) is 0 Å². The highest BCUT2D eigenvalue weighted by Gasteiger charge is 2.06. The van der Waals surface area contributed by atoms with Gasteiger partial charge in [-0.2, -0.15) is 0 Å². The number of carbonyl (C=O) groups excluding carboxylic acids is 2. The van der Waals surface area contributed by atoms with Crippen LogP contribution in [0.1, 0.15) is 15.5 Å². The molecule has 0 bridgehead atoms. The molecule has 0 aliphatic rings. The second-order valence-corrected chi connectivity index (χ2v) is 3.36. The van der Waals surface area contributed by atoms with E-state index in [0.29, 0.717) is 5.01 Å². The van der Waals surface area contributed by atoms with Crippen molar-refractivity contribution in [1.82, 2.24) is 10.3 Å². The van der Waals surface area contributed by atoms with Crippen LogP contribution in [0.15, 0.2) is 18.0 Å². The molecule has 0 aromatic carbocycles. The maximum Gasteiger partial charge on any atom is 0.268 e. The van der Waals surface area contributed by atoms with Crippen LogP contribution in [-0.2, 0) is 11.3 Å². The van der Waals surface area contributed by atoms with Gasteiger partial charge in [0.2, 0.25) is 5.91 Å². The zero-order chi connectivity index (χ0) is 10.6. The molecular weight excluding hydrogens is 202 g/mol. The van der Waals surface area contributed by atoms with Crippen LogP contribution in [0.2, 0.25) is 0 Å². The minimum Gasteiger partial charge on any atom is -0.364 e. The highest BCUT2D eigenvalue weighted by Crippen LogP contribution is 2.08. The van der Waals surface area contributed by atoms with Gasteiger partial charge in [-0.1, -0.05) is 6.58 Å². The van der Waals surface area contributed by atoms with Crippen molar-refractivity contribution < 1.29 is 9.59 Å². The Kier molecular flexibility index (Phi) is 3.35. The molecule has 0 radical (unpaired) electrons. The van der Waals surface area contributed by atoms with Crippen LogP contribution in [0.4, 0.5) is 0 Å². The molecule has 1 aromatic heterocycles. The monoisotopic (exact) mass is 211 g/mol. The first kappa shape index (κ1) is 10.4. The quantitative estimate of drug-likeness (QED) is 0.690. The minimum absolute atomic E-state index is 0.220. The van der Waals surface area contributed by atoms with Gasteiger partial charge in [-0.3, -0.25) is 9.59 Å². The number of carbonyl (C=O) groups is 2. The first-order valence-electron chi connectivity index (χ1n) is 3.78. The smallest absolute Gasteiger partial charge is 0.268 e. The minimum atomic E-state index is -0.567. The summed E-state index contributed by atoms with van der Waals surface area (Å²) in [6, 6.07) is 0. The van der Waals surface area contributed by atoms with Crippen LogP contribution < -0.4 is 11.1 Å². The van der Waals surface area contributed by atoms with E-state index in [1.807, 2.05) is 0 Å². The molecule has 0 spiro atoms. The number of amides is 2. The molecule has 0 fully saturated rings. The highest BCUT2D eigenvalue weighted by atomic mass is 32.1. The third-order valence-electron chi connectivity index (χ3n) is 1.40. The average molecular weight is 211 g/mol. The summed E-state index contributed by atoms with van der Waals surface area (Å²) in [4.78, 5) is 25.4. The van der Waals surface area contributed by atoms with Crippen LogP contribution >= 0.6 is 11.3 Å². The number of hydrogen-bond acceptors (Lipinski definition) is 4. The number of nitrogens with zero attached hydrogens (tertiary/aromatic N) is 1. The van der Waals surface area contributed by atoms with Crippen molar-refractivity contribution in [3.05, 3.63) is 28.7 Å². The third kappa shape index (κ3) is 2.67. The highest BCUT2D eigenvalue weighted by molar-refractivity contribution is 7.09. The van der Waals surface area contributed by atoms with Crippen LogP contribution in [0, 0.1) is 0 Å². The van der Waals surface area contributed by atoms with Crippen molar-refractivity contribution >= 4 is 23.2 Å². The van der Waals surface area contributed by atoms with Gasteiger partial charge in [-0.05, 0) is 6.08 Å². The fraction of sp³-hybridized carbons (Fsp3) is 0.125. The molecule has 1 heterocycles. The average Bonchev–Trinajstić information content (AvgIpc) is 2.62. The number of nitrogens with two attached hydrogens (primary N) is 1. The van der Waals surface area contributed by atoms with Gasteiger partial charge in [0.1, 0.15) is 10.7 Å². The van der Waals surface area contributed by atoms with E-state index in [9.17, 15) is 9.59 Å².